The lowest BCUT2D eigenvalue weighted by molar-refractivity contribution is 0.304. The number of nitrogens with one attached hydrogen (secondary N) is 2. The molecule has 1 aromatic heterocycles. The highest BCUT2D eigenvalue weighted by Gasteiger charge is 2.14. The smallest absolute Gasteiger partial charge is 0.227 e. The molecule has 6 nitrogen and oxygen atoms in total. The van der Waals surface area contributed by atoms with Crippen molar-refractivity contribution < 1.29 is 13.9 Å². The first-order valence-corrected chi connectivity index (χ1v) is 13.6. The fourth-order valence-corrected chi connectivity index (χ4v) is 5.21. The molecule has 5 rings (SSSR count). The Balaban J connectivity index is 1.06. The predicted octanol–water partition coefficient (Wildman–Crippen LogP) is 6.10. The van der Waals surface area contributed by atoms with Crippen LogP contribution in [-0.4, -0.2) is 43.4 Å². The Kier molecular flexibility index (Phi) is 8.56. The van der Waals surface area contributed by atoms with Crippen molar-refractivity contribution in [1.82, 2.24) is 15.6 Å². The van der Waals surface area contributed by atoms with E-state index in [1.165, 1.54) is 51.4 Å². The van der Waals surface area contributed by atoms with Gasteiger partial charge in [-0.15, -0.1) is 0 Å². The van der Waals surface area contributed by atoms with E-state index in [1.807, 2.05) is 42.5 Å². The van der Waals surface area contributed by atoms with Gasteiger partial charge in [0, 0.05) is 23.7 Å². The van der Waals surface area contributed by atoms with Gasteiger partial charge < -0.3 is 24.5 Å². The molecular weight excluding hydrogens is 438 g/mol. The molecule has 0 atom stereocenters. The van der Waals surface area contributed by atoms with E-state index < -0.39 is 0 Å². The molecule has 0 saturated heterocycles. The number of nitrogens with zero attached hydrogens (tertiary/aromatic N) is 1. The maximum Gasteiger partial charge on any atom is 0.227 e. The number of benzene rings is 2. The standard InChI is InChI=1S/C29H39N3O3/c1-2-8-23(7-1)30-17-5-19-33-25-13-11-22(12-14-25)29-32-27-16-15-26(21-28(27)35-29)34-20-6-18-31-24-9-3-4-10-24/h11-16,21,23-24,30-31H,1-10,17-20H2. The van der Waals surface area contributed by atoms with Crippen LogP contribution in [0.1, 0.15) is 64.2 Å². The summed E-state index contributed by atoms with van der Waals surface area (Å²) < 4.78 is 17.9. The number of hydrogen-bond donors (Lipinski definition) is 2. The molecule has 0 spiro atoms. The third-order valence-electron chi connectivity index (χ3n) is 7.22. The van der Waals surface area contributed by atoms with Crippen LogP contribution < -0.4 is 20.1 Å². The van der Waals surface area contributed by atoms with Crippen LogP contribution in [0.25, 0.3) is 22.6 Å². The van der Waals surface area contributed by atoms with Gasteiger partial charge in [0.1, 0.15) is 17.0 Å². The van der Waals surface area contributed by atoms with Gasteiger partial charge in [-0.25, -0.2) is 4.98 Å². The van der Waals surface area contributed by atoms with Crippen molar-refractivity contribution in [2.24, 2.45) is 0 Å². The molecule has 2 aliphatic carbocycles. The Labute approximate surface area is 208 Å². The number of oxazole rings is 1. The first-order valence-electron chi connectivity index (χ1n) is 13.6. The fourth-order valence-electron chi connectivity index (χ4n) is 5.21. The van der Waals surface area contributed by atoms with Gasteiger partial charge in [0.15, 0.2) is 5.58 Å². The summed E-state index contributed by atoms with van der Waals surface area (Å²) in [6.45, 7) is 3.46. The lowest BCUT2D eigenvalue weighted by atomic mass is 10.2. The van der Waals surface area contributed by atoms with E-state index in [-0.39, 0.29) is 0 Å². The van der Waals surface area contributed by atoms with Crippen molar-refractivity contribution in [3.8, 4) is 23.0 Å². The summed E-state index contributed by atoms with van der Waals surface area (Å²) in [5.74, 6) is 2.32. The fraction of sp³-hybridized carbons (Fsp3) is 0.552. The van der Waals surface area contributed by atoms with Gasteiger partial charge in [0.25, 0.3) is 0 Å². The predicted molar refractivity (Wildman–Crippen MR) is 140 cm³/mol. The summed E-state index contributed by atoms with van der Waals surface area (Å²) in [5, 5.41) is 7.26. The zero-order valence-electron chi connectivity index (χ0n) is 20.8. The van der Waals surface area contributed by atoms with E-state index in [4.69, 9.17) is 13.9 Å². The van der Waals surface area contributed by atoms with Crippen molar-refractivity contribution >= 4 is 11.1 Å². The van der Waals surface area contributed by atoms with Gasteiger partial charge in [-0.05, 0) is 88.0 Å². The van der Waals surface area contributed by atoms with Crippen LogP contribution in [0.2, 0.25) is 0 Å². The number of hydrogen-bond acceptors (Lipinski definition) is 6. The summed E-state index contributed by atoms with van der Waals surface area (Å²) >= 11 is 0. The largest absolute Gasteiger partial charge is 0.494 e. The van der Waals surface area contributed by atoms with Crippen molar-refractivity contribution in [1.29, 1.82) is 0 Å². The molecule has 0 aliphatic heterocycles. The second kappa shape index (κ2) is 12.4. The summed E-state index contributed by atoms with van der Waals surface area (Å²) in [5.41, 5.74) is 2.53. The summed E-state index contributed by atoms with van der Waals surface area (Å²) in [6, 6.07) is 15.3. The first kappa shape index (κ1) is 24.1. The molecule has 2 N–H and O–H groups in total. The van der Waals surface area contributed by atoms with E-state index in [2.05, 4.69) is 15.6 Å². The minimum Gasteiger partial charge on any atom is -0.494 e. The second-order valence-electron chi connectivity index (χ2n) is 9.95. The molecule has 2 fully saturated rings. The Hall–Kier alpha value is -2.57. The van der Waals surface area contributed by atoms with Crippen LogP contribution in [0.15, 0.2) is 46.9 Å². The monoisotopic (exact) mass is 477 g/mol. The highest BCUT2D eigenvalue weighted by Crippen LogP contribution is 2.28. The number of ether oxygens (including phenoxy) is 2. The number of rotatable bonds is 13. The molecule has 6 heteroatoms. The zero-order chi connectivity index (χ0) is 23.7. The minimum atomic E-state index is 0.616. The lowest BCUT2D eigenvalue weighted by Crippen LogP contribution is -2.27. The Morgan fingerprint density at radius 1 is 0.743 bits per heavy atom. The third-order valence-corrected chi connectivity index (χ3v) is 7.22. The Morgan fingerprint density at radius 2 is 1.31 bits per heavy atom. The molecule has 1 heterocycles. The van der Waals surface area contributed by atoms with Crippen LogP contribution in [-0.2, 0) is 0 Å². The van der Waals surface area contributed by atoms with Crippen molar-refractivity contribution in [3.05, 3.63) is 42.5 Å². The van der Waals surface area contributed by atoms with Crippen molar-refractivity contribution in [2.75, 3.05) is 26.3 Å². The average molecular weight is 478 g/mol. The van der Waals surface area contributed by atoms with Gasteiger partial charge in [-0.2, -0.15) is 0 Å². The molecular formula is C29H39N3O3. The molecule has 2 saturated carbocycles. The zero-order valence-corrected chi connectivity index (χ0v) is 20.8. The number of aromatic nitrogens is 1. The summed E-state index contributed by atoms with van der Waals surface area (Å²) in [7, 11) is 0. The molecule has 0 amide bonds. The highest BCUT2D eigenvalue weighted by atomic mass is 16.5. The van der Waals surface area contributed by atoms with E-state index in [0.717, 1.165) is 66.7 Å². The van der Waals surface area contributed by atoms with Crippen molar-refractivity contribution in [2.45, 2.75) is 76.3 Å². The molecule has 0 bridgehead atoms. The normalized spacial score (nSPS) is 16.9. The Bertz CT molecular complexity index is 1040. The van der Waals surface area contributed by atoms with Crippen LogP contribution >= 0.6 is 0 Å². The maximum atomic E-state index is 6.04. The molecule has 0 radical (unpaired) electrons. The lowest BCUT2D eigenvalue weighted by Gasteiger charge is -2.12. The summed E-state index contributed by atoms with van der Waals surface area (Å²) in [6.07, 6.45) is 12.8. The second-order valence-corrected chi connectivity index (χ2v) is 9.95. The molecule has 2 aromatic carbocycles. The van der Waals surface area contributed by atoms with Gasteiger partial charge in [-0.1, -0.05) is 25.7 Å². The Morgan fingerprint density at radius 3 is 1.94 bits per heavy atom. The van der Waals surface area contributed by atoms with Gasteiger partial charge in [0.2, 0.25) is 5.89 Å². The van der Waals surface area contributed by atoms with Crippen molar-refractivity contribution in [3.63, 3.8) is 0 Å². The third kappa shape index (κ3) is 6.98. The van der Waals surface area contributed by atoms with Crippen LogP contribution in [0, 0.1) is 0 Å². The summed E-state index contributed by atoms with van der Waals surface area (Å²) in [4.78, 5) is 4.65. The highest BCUT2D eigenvalue weighted by molar-refractivity contribution is 5.77. The molecule has 35 heavy (non-hydrogen) atoms. The van der Waals surface area contributed by atoms with Gasteiger partial charge in [0.05, 0.1) is 13.2 Å². The maximum absolute atomic E-state index is 6.04. The SMILES string of the molecule is c1cc(-c2nc3ccc(OCCCNC4CCCC4)cc3o2)ccc1OCCCNC1CCCC1. The van der Waals surface area contributed by atoms with E-state index >= 15 is 0 Å². The van der Waals surface area contributed by atoms with Gasteiger partial charge >= 0.3 is 0 Å². The van der Waals surface area contributed by atoms with E-state index in [0.29, 0.717) is 18.5 Å². The molecule has 2 aliphatic rings. The van der Waals surface area contributed by atoms with Gasteiger partial charge in [-0.3, -0.25) is 0 Å². The van der Waals surface area contributed by atoms with Crippen LogP contribution in [0.5, 0.6) is 11.5 Å². The topological polar surface area (TPSA) is 68.5 Å². The molecule has 0 unspecified atom stereocenters. The quantitative estimate of drug-likeness (QED) is 0.290. The molecule has 188 valence electrons. The molecule has 3 aromatic rings. The minimum absolute atomic E-state index is 0.616. The van der Waals surface area contributed by atoms with Crippen LogP contribution in [0.3, 0.4) is 0 Å². The van der Waals surface area contributed by atoms with E-state index in [9.17, 15) is 0 Å². The first-order chi connectivity index (χ1) is 17.3. The van der Waals surface area contributed by atoms with Crippen LogP contribution in [0.4, 0.5) is 0 Å². The average Bonchev–Trinajstić information content (AvgIpc) is 3.66. The van der Waals surface area contributed by atoms with E-state index in [1.54, 1.807) is 0 Å². The number of fused-ring (bicyclic) bond motifs is 1.